The Labute approximate surface area is 126 Å². The van der Waals surface area contributed by atoms with Gasteiger partial charge in [0.25, 0.3) is 0 Å². The summed E-state index contributed by atoms with van der Waals surface area (Å²) >= 11 is 0. The van der Waals surface area contributed by atoms with Crippen LogP contribution in [0.3, 0.4) is 0 Å². The van der Waals surface area contributed by atoms with Crippen LogP contribution in [-0.4, -0.2) is 13.6 Å². The Hall–Kier alpha value is -1.80. The van der Waals surface area contributed by atoms with E-state index < -0.39 is 0 Å². The largest absolute Gasteiger partial charge is 0.374 e. The maximum atomic E-state index is 3.74. The van der Waals surface area contributed by atoms with Gasteiger partial charge in [-0.15, -0.1) is 0 Å². The summed E-state index contributed by atoms with van der Waals surface area (Å²) in [6.45, 7) is 2.12. The van der Waals surface area contributed by atoms with Gasteiger partial charge < -0.3 is 10.2 Å². The van der Waals surface area contributed by atoms with E-state index in [1.807, 2.05) is 0 Å². The topological polar surface area (TPSA) is 15.3 Å². The zero-order valence-electron chi connectivity index (χ0n) is 12.6. The lowest BCUT2D eigenvalue weighted by atomic mass is 10.1. The van der Waals surface area contributed by atoms with E-state index >= 15 is 0 Å². The molecule has 1 heterocycles. The van der Waals surface area contributed by atoms with E-state index in [-0.39, 0.29) is 0 Å². The van der Waals surface area contributed by atoms with Crippen LogP contribution in [0.4, 0.5) is 5.69 Å². The monoisotopic (exact) mass is 278 g/mol. The lowest BCUT2D eigenvalue weighted by Crippen LogP contribution is -2.18. The molecule has 1 unspecified atom stereocenters. The highest BCUT2D eigenvalue weighted by molar-refractivity contribution is 5.58. The first kappa shape index (κ1) is 12.9. The molecule has 2 aromatic rings. The minimum Gasteiger partial charge on any atom is -0.374 e. The van der Waals surface area contributed by atoms with Crippen molar-refractivity contribution in [2.75, 3.05) is 18.5 Å². The number of hydrogen-bond acceptors (Lipinski definition) is 2. The highest BCUT2D eigenvalue weighted by Gasteiger charge is 2.21. The summed E-state index contributed by atoms with van der Waals surface area (Å²) in [6, 6.07) is 16.3. The summed E-state index contributed by atoms with van der Waals surface area (Å²) < 4.78 is 0. The highest BCUT2D eigenvalue weighted by atomic mass is 15.1. The Morgan fingerprint density at radius 2 is 2.00 bits per heavy atom. The van der Waals surface area contributed by atoms with Gasteiger partial charge in [-0.3, -0.25) is 0 Å². The molecule has 1 aliphatic heterocycles. The number of anilines is 1. The SMILES string of the molecule is CN1CCc2cc(CNC3CCc4ccccc43)ccc21. The van der Waals surface area contributed by atoms with Gasteiger partial charge in [0, 0.05) is 31.9 Å². The van der Waals surface area contributed by atoms with Crippen molar-refractivity contribution in [3.63, 3.8) is 0 Å². The van der Waals surface area contributed by atoms with Gasteiger partial charge in [0.2, 0.25) is 0 Å². The molecule has 0 radical (unpaired) electrons. The molecule has 1 aliphatic carbocycles. The second kappa shape index (κ2) is 5.19. The number of nitrogens with one attached hydrogen (secondary N) is 1. The zero-order valence-corrected chi connectivity index (χ0v) is 12.6. The molecule has 0 spiro atoms. The van der Waals surface area contributed by atoms with Crippen molar-refractivity contribution in [2.45, 2.75) is 31.8 Å². The van der Waals surface area contributed by atoms with E-state index in [1.54, 1.807) is 0 Å². The molecule has 2 heteroatoms. The van der Waals surface area contributed by atoms with Crippen molar-refractivity contribution >= 4 is 5.69 Å². The number of nitrogens with zero attached hydrogens (tertiary/aromatic N) is 1. The summed E-state index contributed by atoms with van der Waals surface area (Å²) in [5, 5.41) is 3.74. The number of rotatable bonds is 3. The molecule has 108 valence electrons. The first-order chi connectivity index (χ1) is 10.3. The molecule has 0 aromatic heterocycles. The van der Waals surface area contributed by atoms with Crippen LogP contribution in [0.2, 0.25) is 0 Å². The number of aryl methyl sites for hydroxylation is 1. The lowest BCUT2D eigenvalue weighted by Gasteiger charge is -2.15. The predicted molar refractivity (Wildman–Crippen MR) is 87.8 cm³/mol. The van der Waals surface area contributed by atoms with E-state index in [1.165, 1.54) is 47.2 Å². The first-order valence-corrected chi connectivity index (χ1v) is 7.95. The van der Waals surface area contributed by atoms with Crippen LogP contribution in [0.5, 0.6) is 0 Å². The second-order valence-electron chi connectivity index (χ2n) is 6.31. The van der Waals surface area contributed by atoms with Crippen LogP contribution in [0, 0.1) is 0 Å². The Morgan fingerprint density at radius 3 is 2.95 bits per heavy atom. The van der Waals surface area contributed by atoms with Crippen molar-refractivity contribution in [1.82, 2.24) is 5.32 Å². The Morgan fingerprint density at radius 1 is 1.10 bits per heavy atom. The van der Waals surface area contributed by atoms with Crippen LogP contribution in [0.15, 0.2) is 42.5 Å². The van der Waals surface area contributed by atoms with Crippen molar-refractivity contribution in [1.29, 1.82) is 0 Å². The average Bonchev–Trinajstić information content (AvgIpc) is 3.09. The molecule has 0 amide bonds. The van der Waals surface area contributed by atoms with Gasteiger partial charge in [-0.05, 0) is 47.6 Å². The smallest absolute Gasteiger partial charge is 0.0397 e. The third-order valence-electron chi connectivity index (χ3n) is 4.96. The van der Waals surface area contributed by atoms with E-state index in [0.717, 1.165) is 13.1 Å². The highest BCUT2D eigenvalue weighted by Crippen LogP contribution is 2.31. The molecular formula is C19H22N2. The van der Waals surface area contributed by atoms with E-state index in [9.17, 15) is 0 Å². The molecule has 0 fully saturated rings. The third kappa shape index (κ3) is 2.34. The molecule has 21 heavy (non-hydrogen) atoms. The lowest BCUT2D eigenvalue weighted by molar-refractivity contribution is 0.530. The molecular weight excluding hydrogens is 256 g/mol. The van der Waals surface area contributed by atoms with E-state index in [0.29, 0.717) is 6.04 Å². The minimum absolute atomic E-state index is 0.525. The van der Waals surface area contributed by atoms with Crippen molar-refractivity contribution < 1.29 is 0 Å². The van der Waals surface area contributed by atoms with Crippen molar-refractivity contribution in [3.8, 4) is 0 Å². The van der Waals surface area contributed by atoms with Gasteiger partial charge in [0.05, 0.1) is 0 Å². The summed E-state index contributed by atoms with van der Waals surface area (Å²) in [6.07, 6.45) is 3.63. The quantitative estimate of drug-likeness (QED) is 0.925. The zero-order chi connectivity index (χ0) is 14.2. The maximum absolute atomic E-state index is 3.74. The van der Waals surface area contributed by atoms with Crippen LogP contribution in [-0.2, 0) is 19.4 Å². The van der Waals surface area contributed by atoms with E-state index in [4.69, 9.17) is 0 Å². The minimum atomic E-state index is 0.525. The van der Waals surface area contributed by atoms with Crippen LogP contribution < -0.4 is 10.2 Å². The Kier molecular flexibility index (Phi) is 3.19. The molecule has 0 saturated heterocycles. The molecule has 1 N–H and O–H groups in total. The van der Waals surface area contributed by atoms with Gasteiger partial charge in [0.1, 0.15) is 0 Å². The predicted octanol–water partition coefficient (Wildman–Crippen LogP) is 3.46. The third-order valence-corrected chi connectivity index (χ3v) is 4.96. The number of fused-ring (bicyclic) bond motifs is 2. The second-order valence-corrected chi connectivity index (χ2v) is 6.31. The average molecular weight is 278 g/mol. The van der Waals surface area contributed by atoms with Gasteiger partial charge in [-0.1, -0.05) is 36.4 Å². The molecule has 2 aromatic carbocycles. The van der Waals surface area contributed by atoms with Crippen LogP contribution in [0.25, 0.3) is 0 Å². The Bertz CT molecular complexity index is 662. The molecule has 2 aliphatic rings. The number of likely N-dealkylation sites (N-methyl/N-ethyl adjacent to an activating group) is 1. The van der Waals surface area contributed by atoms with Crippen molar-refractivity contribution in [3.05, 3.63) is 64.7 Å². The normalized spacial score (nSPS) is 19.7. The van der Waals surface area contributed by atoms with Crippen LogP contribution in [0.1, 0.15) is 34.7 Å². The standard InChI is InChI=1S/C19H22N2/c1-21-11-10-16-12-14(6-9-19(16)21)13-20-18-8-7-15-4-2-3-5-17(15)18/h2-6,9,12,18,20H,7-8,10-11,13H2,1H3. The Balaban J connectivity index is 1.46. The maximum Gasteiger partial charge on any atom is 0.0397 e. The fourth-order valence-electron chi connectivity index (χ4n) is 3.74. The van der Waals surface area contributed by atoms with Gasteiger partial charge in [0.15, 0.2) is 0 Å². The fraction of sp³-hybridized carbons (Fsp3) is 0.368. The molecule has 2 nitrogen and oxygen atoms in total. The molecule has 0 saturated carbocycles. The van der Waals surface area contributed by atoms with E-state index in [2.05, 4.69) is 59.7 Å². The fourth-order valence-corrected chi connectivity index (χ4v) is 3.74. The summed E-state index contributed by atoms with van der Waals surface area (Å²) in [4.78, 5) is 2.35. The van der Waals surface area contributed by atoms with Gasteiger partial charge >= 0.3 is 0 Å². The van der Waals surface area contributed by atoms with Gasteiger partial charge in [-0.2, -0.15) is 0 Å². The summed E-state index contributed by atoms with van der Waals surface area (Å²) in [7, 11) is 2.18. The first-order valence-electron chi connectivity index (χ1n) is 7.95. The molecule has 4 rings (SSSR count). The van der Waals surface area contributed by atoms with Gasteiger partial charge in [-0.25, -0.2) is 0 Å². The summed E-state index contributed by atoms with van der Waals surface area (Å²) in [5.74, 6) is 0. The number of hydrogen-bond donors (Lipinski definition) is 1. The number of benzene rings is 2. The van der Waals surface area contributed by atoms with Crippen molar-refractivity contribution in [2.24, 2.45) is 0 Å². The summed E-state index contributed by atoms with van der Waals surface area (Å²) in [5.41, 5.74) is 7.34. The molecule has 0 bridgehead atoms. The molecule has 1 atom stereocenters. The van der Waals surface area contributed by atoms with Crippen LogP contribution >= 0.6 is 0 Å².